The van der Waals surface area contributed by atoms with E-state index in [0.29, 0.717) is 18.9 Å². The lowest BCUT2D eigenvalue weighted by Gasteiger charge is -2.35. The van der Waals surface area contributed by atoms with E-state index in [1.54, 1.807) is 16.5 Å². The van der Waals surface area contributed by atoms with E-state index in [-0.39, 0.29) is 5.91 Å². The van der Waals surface area contributed by atoms with Gasteiger partial charge in [0.2, 0.25) is 0 Å². The lowest BCUT2D eigenvalue weighted by atomic mass is 10.2. The predicted octanol–water partition coefficient (Wildman–Crippen LogP) is 0.785. The maximum Gasteiger partial charge on any atom is 0.265 e. The summed E-state index contributed by atoms with van der Waals surface area (Å²) in [7, 11) is 0. The topological polar surface area (TPSA) is 92.9 Å². The van der Waals surface area contributed by atoms with Gasteiger partial charge in [0.15, 0.2) is 11.6 Å². The number of aromatic nitrogens is 6. The van der Waals surface area contributed by atoms with Crippen molar-refractivity contribution in [1.29, 1.82) is 0 Å². The standard InChI is InChI=1S/C15H16N8OS/c1-11-14(25-10-17-11)15(24)22-6-4-21(5-7-22)12-2-3-13(20-19-12)23-9-16-8-18-23/h2-3,8-10H,4-7H2,1H3. The van der Waals surface area contributed by atoms with Crippen molar-refractivity contribution in [3.8, 4) is 5.82 Å². The lowest BCUT2D eigenvalue weighted by molar-refractivity contribution is 0.0750. The first kappa shape index (κ1) is 15.6. The molecule has 0 radical (unpaired) electrons. The highest BCUT2D eigenvalue weighted by molar-refractivity contribution is 7.11. The fourth-order valence-corrected chi connectivity index (χ4v) is 3.49. The van der Waals surface area contributed by atoms with Gasteiger partial charge in [-0.1, -0.05) is 0 Å². The summed E-state index contributed by atoms with van der Waals surface area (Å²) in [5.74, 6) is 1.48. The molecule has 1 fully saturated rings. The van der Waals surface area contributed by atoms with Gasteiger partial charge in [-0.15, -0.1) is 21.5 Å². The number of aryl methyl sites for hydroxylation is 1. The summed E-state index contributed by atoms with van der Waals surface area (Å²) in [5, 5.41) is 12.5. The van der Waals surface area contributed by atoms with E-state index >= 15 is 0 Å². The van der Waals surface area contributed by atoms with Crippen LogP contribution in [-0.4, -0.2) is 66.9 Å². The predicted molar refractivity (Wildman–Crippen MR) is 91.9 cm³/mol. The Morgan fingerprint density at radius 2 is 1.88 bits per heavy atom. The van der Waals surface area contributed by atoms with Gasteiger partial charge in [-0.3, -0.25) is 4.79 Å². The molecular weight excluding hydrogens is 340 g/mol. The number of amides is 1. The van der Waals surface area contributed by atoms with Crippen molar-refractivity contribution >= 4 is 23.1 Å². The molecule has 1 saturated heterocycles. The molecule has 1 aliphatic rings. The minimum Gasteiger partial charge on any atom is -0.352 e. The maximum atomic E-state index is 12.5. The molecule has 0 saturated carbocycles. The van der Waals surface area contributed by atoms with Gasteiger partial charge in [0.25, 0.3) is 5.91 Å². The van der Waals surface area contributed by atoms with Gasteiger partial charge in [0.1, 0.15) is 17.5 Å². The molecule has 3 aromatic rings. The van der Waals surface area contributed by atoms with Crippen molar-refractivity contribution in [3.05, 3.63) is 40.9 Å². The first-order chi connectivity index (χ1) is 12.2. The number of carbonyl (C=O) groups is 1. The highest BCUT2D eigenvalue weighted by Gasteiger charge is 2.25. The van der Waals surface area contributed by atoms with Crippen LogP contribution < -0.4 is 4.90 Å². The Labute approximate surface area is 148 Å². The van der Waals surface area contributed by atoms with Crippen LogP contribution in [-0.2, 0) is 0 Å². The number of anilines is 1. The molecule has 10 heteroatoms. The van der Waals surface area contributed by atoms with Crippen LogP contribution in [0, 0.1) is 6.92 Å². The number of rotatable bonds is 3. The van der Waals surface area contributed by atoms with Crippen LogP contribution in [0.2, 0.25) is 0 Å². The van der Waals surface area contributed by atoms with Gasteiger partial charge >= 0.3 is 0 Å². The quantitative estimate of drug-likeness (QED) is 0.685. The van der Waals surface area contributed by atoms with Crippen molar-refractivity contribution < 1.29 is 4.79 Å². The third kappa shape index (κ3) is 3.07. The van der Waals surface area contributed by atoms with Crippen molar-refractivity contribution in [2.75, 3.05) is 31.1 Å². The number of piperazine rings is 1. The van der Waals surface area contributed by atoms with Crippen LogP contribution in [0.1, 0.15) is 15.4 Å². The Balaban J connectivity index is 1.40. The molecule has 0 aromatic carbocycles. The van der Waals surface area contributed by atoms with Crippen molar-refractivity contribution in [2.24, 2.45) is 0 Å². The Morgan fingerprint density at radius 1 is 1.12 bits per heavy atom. The highest BCUT2D eigenvalue weighted by atomic mass is 32.1. The average Bonchev–Trinajstić information content (AvgIpc) is 3.33. The molecule has 4 heterocycles. The zero-order chi connectivity index (χ0) is 17.2. The summed E-state index contributed by atoms with van der Waals surface area (Å²) in [5.41, 5.74) is 2.51. The molecule has 3 aromatic heterocycles. The molecular formula is C15H16N8OS. The summed E-state index contributed by atoms with van der Waals surface area (Å²) < 4.78 is 1.56. The number of hydrogen-bond donors (Lipinski definition) is 0. The second-order valence-electron chi connectivity index (χ2n) is 5.64. The number of thiazole rings is 1. The second kappa shape index (κ2) is 6.55. The normalized spacial score (nSPS) is 14.8. The number of carbonyl (C=O) groups excluding carboxylic acids is 1. The number of nitrogens with zero attached hydrogens (tertiary/aromatic N) is 8. The van der Waals surface area contributed by atoms with E-state index in [1.807, 2.05) is 24.0 Å². The third-order valence-corrected chi connectivity index (χ3v) is 5.04. The molecule has 1 aliphatic heterocycles. The van der Waals surface area contributed by atoms with E-state index in [4.69, 9.17) is 0 Å². The minimum atomic E-state index is 0.0623. The van der Waals surface area contributed by atoms with Crippen LogP contribution in [0.5, 0.6) is 0 Å². The Hall–Kier alpha value is -2.88. The summed E-state index contributed by atoms with van der Waals surface area (Å²) >= 11 is 1.40. The van der Waals surface area contributed by atoms with Crippen LogP contribution in [0.15, 0.2) is 30.3 Å². The summed E-state index contributed by atoms with van der Waals surface area (Å²) in [4.78, 5) is 25.3. The first-order valence-corrected chi connectivity index (χ1v) is 8.73. The molecule has 0 aliphatic carbocycles. The zero-order valence-electron chi connectivity index (χ0n) is 13.6. The first-order valence-electron chi connectivity index (χ1n) is 7.85. The van der Waals surface area contributed by atoms with Crippen LogP contribution >= 0.6 is 11.3 Å². The molecule has 0 spiro atoms. The van der Waals surface area contributed by atoms with Crippen LogP contribution in [0.3, 0.4) is 0 Å². The van der Waals surface area contributed by atoms with Gasteiger partial charge in [-0.2, -0.15) is 5.10 Å². The Morgan fingerprint density at radius 3 is 2.48 bits per heavy atom. The summed E-state index contributed by atoms with van der Waals surface area (Å²) in [6.07, 6.45) is 3.03. The summed E-state index contributed by atoms with van der Waals surface area (Å²) in [6, 6.07) is 3.77. The molecule has 9 nitrogen and oxygen atoms in total. The molecule has 1 amide bonds. The summed E-state index contributed by atoms with van der Waals surface area (Å²) in [6.45, 7) is 4.62. The monoisotopic (exact) mass is 356 g/mol. The fourth-order valence-electron chi connectivity index (χ4n) is 2.72. The van der Waals surface area contributed by atoms with E-state index in [2.05, 4.69) is 30.2 Å². The van der Waals surface area contributed by atoms with E-state index in [1.165, 1.54) is 17.7 Å². The largest absolute Gasteiger partial charge is 0.352 e. The van der Waals surface area contributed by atoms with E-state index < -0.39 is 0 Å². The fraction of sp³-hybridized carbons (Fsp3) is 0.333. The van der Waals surface area contributed by atoms with Crippen molar-refractivity contribution in [3.63, 3.8) is 0 Å². The molecule has 128 valence electrons. The Kier molecular flexibility index (Phi) is 4.10. The van der Waals surface area contributed by atoms with E-state index in [0.717, 1.165) is 29.5 Å². The maximum absolute atomic E-state index is 12.5. The Bertz CT molecular complexity index is 852. The average molecular weight is 356 g/mol. The van der Waals surface area contributed by atoms with Crippen molar-refractivity contribution in [2.45, 2.75) is 6.92 Å². The molecule has 4 rings (SSSR count). The van der Waals surface area contributed by atoms with Gasteiger partial charge in [-0.25, -0.2) is 14.6 Å². The molecule has 0 atom stereocenters. The highest BCUT2D eigenvalue weighted by Crippen LogP contribution is 2.18. The van der Waals surface area contributed by atoms with Gasteiger partial charge in [-0.05, 0) is 19.1 Å². The smallest absolute Gasteiger partial charge is 0.265 e. The van der Waals surface area contributed by atoms with Gasteiger partial charge in [0.05, 0.1) is 11.2 Å². The van der Waals surface area contributed by atoms with Crippen LogP contribution in [0.25, 0.3) is 5.82 Å². The number of hydrogen-bond acceptors (Lipinski definition) is 8. The zero-order valence-corrected chi connectivity index (χ0v) is 14.4. The minimum absolute atomic E-state index is 0.0623. The molecule has 25 heavy (non-hydrogen) atoms. The van der Waals surface area contributed by atoms with Crippen molar-refractivity contribution in [1.82, 2.24) is 34.8 Å². The SMILES string of the molecule is Cc1ncsc1C(=O)N1CCN(c2ccc(-n3cncn3)nn2)CC1. The van der Waals surface area contributed by atoms with Gasteiger partial charge in [0, 0.05) is 26.2 Å². The third-order valence-electron chi connectivity index (χ3n) is 4.12. The molecule has 0 N–H and O–H groups in total. The second-order valence-corrected chi connectivity index (χ2v) is 6.49. The van der Waals surface area contributed by atoms with Crippen LogP contribution in [0.4, 0.5) is 5.82 Å². The molecule has 0 unspecified atom stereocenters. The molecule has 0 bridgehead atoms. The lowest BCUT2D eigenvalue weighted by Crippen LogP contribution is -2.49. The van der Waals surface area contributed by atoms with Gasteiger partial charge < -0.3 is 9.80 Å². The van der Waals surface area contributed by atoms with E-state index in [9.17, 15) is 4.79 Å².